The number of anilines is 1. The number of carbonyl (C=O) groups excluding carboxylic acids is 1. The third-order valence-electron chi connectivity index (χ3n) is 2.86. The molecule has 1 rings (SSSR count). The Hall–Kier alpha value is -0.440. The number of aryl methyl sites for hydroxylation is 1. The number of nitrogens with zero attached hydrogens (tertiary/aromatic N) is 1. The molecule has 0 saturated heterocycles. The van der Waals surface area contributed by atoms with Crippen LogP contribution < -0.4 is 4.90 Å². The minimum absolute atomic E-state index is 0.282. The van der Waals surface area contributed by atoms with Crippen LogP contribution in [0.15, 0.2) is 24.3 Å². The predicted molar refractivity (Wildman–Crippen MR) is 83.9 cm³/mol. The molecule has 0 spiro atoms. The van der Waals surface area contributed by atoms with E-state index in [0.717, 1.165) is 31.6 Å². The van der Waals surface area contributed by atoms with Crippen molar-refractivity contribution in [2.24, 2.45) is 0 Å². The highest BCUT2D eigenvalue weighted by atomic mass is 35.5. The molecule has 19 heavy (non-hydrogen) atoms. The zero-order chi connectivity index (χ0) is 14.1. The largest absolute Gasteiger partial charge is 0.369 e. The van der Waals surface area contributed by atoms with Crippen molar-refractivity contribution in [3.8, 4) is 0 Å². The van der Waals surface area contributed by atoms with E-state index in [1.54, 1.807) is 0 Å². The van der Waals surface area contributed by atoms with Gasteiger partial charge in [-0.1, -0.05) is 18.2 Å². The second-order valence-corrected chi connectivity index (χ2v) is 5.38. The van der Waals surface area contributed by atoms with E-state index in [0.29, 0.717) is 18.2 Å². The second kappa shape index (κ2) is 9.46. The second-order valence-electron chi connectivity index (χ2n) is 4.20. The van der Waals surface area contributed by atoms with Crippen molar-refractivity contribution in [2.45, 2.75) is 19.3 Å². The SMILES string of the molecule is O=C(Cl)CCCc1ccccc1N(CCCl)CCCl. The van der Waals surface area contributed by atoms with Crippen LogP contribution in [-0.2, 0) is 11.2 Å². The lowest BCUT2D eigenvalue weighted by molar-refractivity contribution is -0.111. The first-order valence-corrected chi connectivity index (χ1v) is 7.77. The van der Waals surface area contributed by atoms with Gasteiger partial charge in [0.05, 0.1) is 0 Å². The van der Waals surface area contributed by atoms with Crippen LogP contribution >= 0.6 is 34.8 Å². The lowest BCUT2D eigenvalue weighted by Crippen LogP contribution is -2.28. The van der Waals surface area contributed by atoms with Crippen molar-refractivity contribution < 1.29 is 4.79 Å². The summed E-state index contributed by atoms with van der Waals surface area (Å²) in [5.74, 6) is 1.12. The molecular weight excluding hydrogens is 305 g/mol. The van der Waals surface area contributed by atoms with E-state index in [4.69, 9.17) is 34.8 Å². The van der Waals surface area contributed by atoms with Crippen LogP contribution in [0.25, 0.3) is 0 Å². The Balaban J connectivity index is 2.77. The third-order valence-corrected chi connectivity index (χ3v) is 3.39. The maximum Gasteiger partial charge on any atom is 0.221 e. The molecule has 0 aliphatic heterocycles. The van der Waals surface area contributed by atoms with E-state index < -0.39 is 0 Å². The van der Waals surface area contributed by atoms with E-state index in [9.17, 15) is 4.79 Å². The minimum Gasteiger partial charge on any atom is -0.369 e. The predicted octanol–water partition coefficient (Wildman–Crippen LogP) is 4.06. The van der Waals surface area contributed by atoms with Gasteiger partial charge < -0.3 is 4.90 Å². The number of benzene rings is 1. The van der Waals surface area contributed by atoms with Gasteiger partial charge in [-0.3, -0.25) is 4.79 Å². The summed E-state index contributed by atoms with van der Waals surface area (Å²) in [6.07, 6.45) is 1.99. The zero-order valence-electron chi connectivity index (χ0n) is 10.7. The molecule has 0 amide bonds. The molecule has 0 radical (unpaired) electrons. The molecule has 0 fully saturated rings. The maximum atomic E-state index is 10.8. The fraction of sp³-hybridized carbons (Fsp3) is 0.500. The Morgan fingerprint density at radius 1 is 1.11 bits per heavy atom. The van der Waals surface area contributed by atoms with Gasteiger partial charge in [0.1, 0.15) is 0 Å². The number of halogens is 3. The molecule has 0 N–H and O–H groups in total. The minimum atomic E-state index is -0.282. The van der Waals surface area contributed by atoms with Gasteiger partial charge >= 0.3 is 0 Å². The first-order valence-electron chi connectivity index (χ1n) is 6.32. The number of alkyl halides is 2. The van der Waals surface area contributed by atoms with Gasteiger partial charge in [-0.2, -0.15) is 0 Å². The zero-order valence-corrected chi connectivity index (χ0v) is 13.0. The highest BCUT2D eigenvalue weighted by Crippen LogP contribution is 2.22. The number of para-hydroxylation sites is 1. The van der Waals surface area contributed by atoms with Gasteiger partial charge in [0.25, 0.3) is 0 Å². The van der Waals surface area contributed by atoms with Crippen molar-refractivity contribution in [1.82, 2.24) is 0 Å². The molecule has 0 bridgehead atoms. The van der Waals surface area contributed by atoms with Gasteiger partial charge in [0.2, 0.25) is 5.24 Å². The van der Waals surface area contributed by atoms with Crippen molar-refractivity contribution >= 4 is 45.7 Å². The average Bonchev–Trinajstić information content (AvgIpc) is 2.39. The van der Waals surface area contributed by atoms with Crippen LogP contribution in [0.3, 0.4) is 0 Å². The van der Waals surface area contributed by atoms with Crippen LogP contribution in [0.1, 0.15) is 18.4 Å². The summed E-state index contributed by atoms with van der Waals surface area (Å²) in [6.45, 7) is 1.53. The summed E-state index contributed by atoms with van der Waals surface area (Å²) in [5.41, 5.74) is 2.35. The van der Waals surface area contributed by atoms with Crippen LogP contribution in [0.5, 0.6) is 0 Å². The first-order chi connectivity index (χ1) is 9.19. The van der Waals surface area contributed by atoms with E-state index in [1.807, 2.05) is 12.1 Å². The Labute approximate surface area is 129 Å². The van der Waals surface area contributed by atoms with Crippen molar-refractivity contribution in [3.05, 3.63) is 29.8 Å². The molecule has 0 unspecified atom stereocenters. The Bertz CT molecular complexity index is 392. The molecule has 1 aromatic carbocycles. The molecule has 2 nitrogen and oxygen atoms in total. The quantitative estimate of drug-likeness (QED) is 0.505. The van der Waals surface area contributed by atoms with Crippen molar-refractivity contribution in [1.29, 1.82) is 0 Å². The fourth-order valence-corrected chi connectivity index (χ4v) is 2.55. The van der Waals surface area contributed by atoms with Gasteiger partial charge in [0, 0.05) is 37.0 Å². The molecule has 0 heterocycles. The number of rotatable bonds is 9. The summed E-state index contributed by atoms with van der Waals surface area (Å²) in [6, 6.07) is 8.14. The summed E-state index contributed by atoms with van der Waals surface area (Å²) < 4.78 is 0. The number of hydrogen-bond acceptors (Lipinski definition) is 2. The van der Waals surface area contributed by atoms with Crippen LogP contribution in [-0.4, -0.2) is 30.1 Å². The van der Waals surface area contributed by atoms with Gasteiger partial charge in [-0.05, 0) is 36.1 Å². The van der Waals surface area contributed by atoms with Crippen molar-refractivity contribution in [2.75, 3.05) is 29.7 Å². The average molecular weight is 323 g/mol. The third kappa shape index (κ3) is 6.03. The van der Waals surface area contributed by atoms with Crippen molar-refractivity contribution in [3.63, 3.8) is 0 Å². The topological polar surface area (TPSA) is 20.3 Å². The van der Waals surface area contributed by atoms with E-state index >= 15 is 0 Å². The van der Waals surface area contributed by atoms with Gasteiger partial charge in [-0.15, -0.1) is 23.2 Å². The molecule has 0 aliphatic rings. The lowest BCUT2D eigenvalue weighted by atomic mass is 10.1. The molecule has 106 valence electrons. The summed E-state index contributed by atoms with van der Waals surface area (Å²) >= 11 is 17.0. The fourth-order valence-electron chi connectivity index (χ4n) is 2.01. The Morgan fingerprint density at radius 2 is 1.74 bits per heavy atom. The monoisotopic (exact) mass is 321 g/mol. The Kier molecular flexibility index (Phi) is 8.27. The molecule has 5 heteroatoms. The molecule has 0 aromatic heterocycles. The first kappa shape index (κ1) is 16.6. The molecule has 1 aromatic rings. The van der Waals surface area contributed by atoms with Crippen LogP contribution in [0, 0.1) is 0 Å². The van der Waals surface area contributed by atoms with Gasteiger partial charge in [0.15, 0.2) is 0 Å². The lowest BCUT2D eigenvalue weighted by Gasteiger charge is -2.25. The molecule has 0 aliphatic carbocycles. The molecular formula is C14H18Cl3NO. The normalized spacial score (nSPS) is 10.5. The van der Waals surface area contributed by atoms with E-state index in [2.05, 4.69) is 17.0 Å². The number of hydrogen-bond donors (Lipinski definition) is 0. The number of carbonyl (C=O) groups is 1. The van der Waals surface area contributed by atoms with Crippen LogP contribution in [0.4, 0.5) is 5.69 Å². The maximum absolute atomic E-state index is 10.8. The molecule has 0 atom stereocenters. The highest BCUT2D eigenvalue weighted by molar-refractivity contribution is 6.63. The summed E-state index contributed by atoms with van der Waals surface area (Å²) in [4.78, 5) is 13.0. The summed E-state index contributed by atoms with van der Waals surface area (Å²) in [7, 11) is 0. The summed E-state index contributed by atoms with van der Waals surface area (Å²) in [5, 5.41) is -0.282. The van der Waals surface area contributed by atoms with Crippen LogP contribution in [0.2, 0.25) is 0 Å². The Morgan fingerprint density at radius 3 is 2.32 bits per heavy atom. The van der Waals surface area contributed by atoms with E-state index in [-0.39, 0.29) is 5.24 Å². The van der Waals surface area contributed by atoms with Gasteiger partial charge in [-0.25, -0.2) is 0 Å². The highest BCUT2D eigenvalue weighted by Gasteiger charge is 2.10. The molecule has 0 saturated carbocycles. The standard InChI is InChI=1S/C14H18Cl3NO/c15-8-10-18(11-9-16)13-6-2-1-4-12(13)5-3-7-14(17)19/h1-2,4,6H,3,5,7-11H2. The van der Waals surface area contributed by atoms with E-state index in [1.165, 1.54) is 5.56 Å². The smallest absolute Gasteiger partial charge is 0.221 e.